The van der Waals surface area contributed by atoms with Crippen LogP contribution in [0.25, 0.3) is 11.4 Å². The minimum absolute atomic E-state index is 0.0347. The van der Waals surface area contributed by atoms with Crippen LogP contribution < -0.4 is 5.73 Å². The zero-order valence-electron chi connectivity index (χ0n) is 10.7. The second kappa shape index (κ2) is 5.79. The zero-order valence-corrected chi connectivity index (χ0v) is 12.3. The van der Waals surface area contributed by atoms with Crippen LogP contribution in [0.2, 0.25) is 0 Å². The number of halogens is 2. The summed E-state index contributed by atoms with van der Waals surface area (Å²) in [4.78, 5) is 4.24. The molecule has 0 bridgehead atoms. The first kappa shape index (κ1) is 14.1. The van der Waals surface area contributed by atoms with E-state index in [9.17, 15) is 4.39 Å². The van der Waals surface area contributed by atoms with Crippen molar-refractivity contribution in [2.45, 2.75) is 26.3 Å². The van der Waals surface area contributed by atoms with E-state index >= 15 is 0 Å². The molecule has 1 atom stereocenters. The maximum Gasteiger partial charge on any atom is 0.228 e. The van der Waals surface area contributed by atoms with Crippen LogP contribution in [0.15, 0.2) is 27.2 Å². The van der Waals surface area contributed by atoms with E-state index in [1.807, 2.05) is 13.8 Å². The summed E-state index contributed by atoms with van der Waals surface area (Å²) in [7, 11) is 0. The summed E-state index contributed by atoms with van der Waals surface area (Å²) >= 11 is 3.23. The van der Waals surface area contributed by atoms with Gasteiger partial charge in [0.05, 0.1) is 0 Å². The Kier molecular flexibility index (Phi) is 4.31. The molecule has 0 spiro atoms. The van der Waals surface area contributed by atoms with Crippen molar-refractivity contribution in [3.63, 3.8) is 0 Å². The number of benzene rings is 1. The number of nitrogens with zero attached hydrogens (tertiary/aromatic N) is 2. The fourth-order valence-corrected chi connectivity index (χ4v) is 2.04. The molecule has 0 saturated carbocycles. The van der Waals surface area contributed by atoms with Crippen molar-refractivity contribution in [3.05, 3.63) is 34.4 Å². The van der Waals surface area contributed by atoms with E-state index in [0.29, 0.717) is 34.1 Å². The largest absolute Gasteiger partial charge is 0.339 e. The second-order valence-corrected chi connectivity index (χ2v) is 5.70. The van der Waals surface area contributed by atoms with Gasteiger partial charge in [0, 0.05) is 22.5 Å². The SMILES string of the molecule is CC(C)C(N)Cc1nc(-c2cc(F)cc(Br)c2)no1. The summed E-state index contributed by atoms with van der Waals surface area (Å²) < 4.78 is 19.1. The molecule has 1 aromatic heterocycles. The first-order valence-electron chi connectivity index (χ1n) is 6.00. The number of hydrogen-bond acceptors (Lipinski definition) is 4. The highest BCUT2D eigenvalue weighted by atomic mass is 79.9. The second-order valence-electron chi connectivity index (χ2n) is 4.78. The average molecular weight is 328 g/mol. The third-order valence-corrected chi connectivity index (χ3v) is 3.31. The van der Waals surface area contributed by atoms with Gasteiger partial charge in [-0.15, -0.1) is 0 Å². The van der Waals surface area contributed by atoms with Gasteiger partial charge < -0.3 is 10.3 Å². The lowest BCUT2D eigenvalue weighted by molar-refractivity contribution is 0.353. The fraction of sp³-hybridized carbons (Fsp3) is 0.385. The Hall–Kier alpha value is -1.27. The topological polar surface area (TPSA) is 64.9 Å². The van der Waals surface area contributed by atoms with E-state index in [1.165, 1.54) is 12.1 Å². The third kappa shape index (κ3) is 3.61. The molecule has 0 aliphatic carbocycles. The summed E-state index contributed by atoms with van der Waals surface area (Å²) in [6, 6.07) is 4.44. The van der Waals surface area contributed by atoms with Crippen molar-refractivity contribution >= 4 is 15.9 Å². The van der Waals surface area contributed by atoms with Gasteiger partial charge in [-0.25, -0.2) is 4.39 Å². The van der Waals surface area contributed by atoms with Crippen LogP contribution in [0.3, 0.4) is 0 Å². The summed E-state index contributed by atoms with van der Waals surface area (Å²) in [6.07, 6.45) is 0.515. The first-order valence-corrected chi connectivity index (χ1v) is 6.79. The minimum Gasteiger partial charge on any atom is -0.339 e. The smallest absolute Gasteiger partial charge is 0.228 e. The summed E-state index contributed by atoms with van der Waals surface area (Å²) in [5.41, 5.74) is 6.52. The maximum atomic E-state index is 13.3. The quantitative estimate of drug-likeness (QED) is 0.936. The highest BCUT2D eigenvalue weighted by molar-refractivity contribution is 9.10. The van der Waals surface area contributed by atoms with E-state index < -0.39 is 0 Å². The molecular weight excluding hydrogens is 313 g/mol. The Balaban J connectivity index is 2.21. The molecule has 2 aromatic rings. The van der Waals surface area contributed by atoms with Gasteiger partial charge in [-0.1, -0.05) is 34.9 Å². The summed E-state index contributed by atoms with van der Waals surface area (Å²) in [6.45, 7) is 4.07. The standard InChI is InChI=1S/C13H15BrFN3O/c1-7(2)11(16)6-12-17-13(18-19-12)8-3-9(14)5-10(15)4-8/h3-5,7,11H,6,16H2,1-2H3. The van der Waals surface area contributed by atoms with E-state index in [0.717, 1.165) is 0 Å². The molecule has 19 heavy (non-hydrogen) atoms. The molecule has 0 aliphatic rings. The van der Waals surface area contributed by atoms with Gasteiger partial charge >= 0.3 is 0 Å². The predicted octanol–water partition coefficient (Wildman–Crippen LogP) is 3.16. The van der Waals surface area contributed by atoms with Crippen LogP contribution in [0, 0.1) is 11.7 Å². The van der Waals surface area contributed by atoms with Crippen molar-refractivity contribution < 1.29 is 8.91 Å². The van der Waals surface area contributed by atoms with Gasteiger partial charge in [0.2, 0.25) is 11.7 Å². The van der Waals surface area contributed by atoms with Crippen LogP contribution in [-0.2, 0) is 6.42 Å². The summed E-state index contributed by atoms with van der Waals surface area (Å²) in [5, 5.41) is 3.85. The lowest BCUT2D eigenvalue weighted by atomic mass is 10.0. The third-order valence-electron chi connectivity index (χ3n) is 2.86. The molecule has 0 amide bonds. The molecule has 0 fully saturated rings. The van der Waals surface area contributed by atoms with Crippen molar-refractivity contribution in [3.8, 4) is 11.4 Å². The van der Waals surface area contributed by atoms with E-state index in [4.69, 9.17) is 10.3 Å². The maximum absolute atomic E-state index is 13.3. The minimum atomic E-state index is -0.352. The van der Waals surface area contributed by atoms with Crippen molar-refractivity contribution in [2.24, 2.45) is 11.7 Å². The molecule has 2 rings (SSSR count). The number of rotatable bonds is 4. The number of hydrogen-bond donors (Lipinski definition) is 1. The van der Waals surface area contributed by atoms with Crippen molar-refractivity contribution in [1.29, 1.82) is 0 Å². The molecule has 6 heteroatoms. The normalized spacial score (nSPS) is 12.9. The highest BCUT2D eigenvalue weighted by Crippen LogP contribution is 2.22. The van der Waals surface area contributed by atoms with Gasteiger partial charge in [-0.05, 0) is 24.1 Å². The molecule has 0 radical (unpaired) electrons. The first-order chi connectivity index (χ1) is 8.95. The van der Waals surface area contributed by atoms with Gasteiger partial charge in [-0.3, -0.25) is 0 Å². The molecule has 1 aromatic carbocycles. The van der Waals surface area contributed by atoms with Gasteiger partial charge in [0.25, 0.3) is 0 Å². The van der Waals surface area contributed by atoms with Gasteiger partial charge in [0.1, 0.15) is 5.82 Å². The number of nitrogens with two attached hydrogens (primary N) is 1. The van der Waals surface area contributed by atoms with Crippen LogP contribution in [0.1, 0.15) is 19.7 Å². The van der Waals surface area contributed by atoms with Gasteiger partial charge in [0.15, 0.2) is 0 Å². The van der Waals surface area contributed by atoms with Crippen LogP contribution in [0.5, 0.6) is 0 Å². The molecular formula is C13H15BrFN3O. The molecule has 1 unspecified atom stereocenters. The zero-order chi connectivity index (χ0) is 14.0. The van der Waals surface area contributed by atoms with Crippen LogP contribution >= 0.6 is 15.9 Å². The monoisotopic (exact) mass is 327 g/mol. The molecule has 102 valence electrons. The number of aromatic nitrogens is 2. The molecule has 4 nitrogen and oxygen atoms in total. The van der Waals surface area contributed by atoms with E-state index in [1.54, 1.807) is 6.07 Å². The average Bonchev–Trinajstić information content (AvgIpc) is 2.76. The highest BCUT2D eigenvalue weighted by Gasteiger charge is 2.15. The molecule has 2 N–H and O–H groups in total. The Morgan fingerprint density at radius 2 is 2.11 bits per heavy atom. The van der Waals surface area contributed by atoms with E-state index in [-0.39, 0.29) is 11.9 Å². The van der Waals surface area contributed by atoms with Crippen molar-refractivity contribution in [2.75, 3.05) is 0 Å². The molecule has 1 heterocycles. The Labute approximate surface area is 119 Å². The lowest BCUT2D eigenvalue weighted by Crippen LogP contribution is -2.28. The van der Waals surface area contributed by atoms with Gasteiger partial charge in [-0.2, -0.15) is 4.98 Å². The summed E-state index contributed by atoms with van der Waals surface area (Å²) in [5.74, 6) is 0.816. The van der Waals surface area contributed by atoms with Crippen LogP contribution in [0.4, 0.5) is 4.39 Å². The Morgan fingerprint density at radius 1 is 1.37 bits per heavy atom. The fourth-order valence-electron chi connectivity index (χ4n) is 1.58. The van der Waals surface area contributed by atoms with E-state index in [2.05, 4.69) is 26.1 Å². The molecule has 0 saturated heterocycles. The van der Waals surface area contributed by atoms with Crippen LogP contribution in [-0.4, -0.2) is 16.2 Å². The lowest BCUT2D eigenvalue weighted by Gasteiger charge is -2.11. The molecule has 0 aliphatic heterocycles. The Morgan fingerprint density at radius 3 is 2.74 bits per heavy atom. The van der Waals surface area contributed by atoms with Crippen molar-refractivity contribution in [1.82, 2.24) is 10.1 Å². The Bertz CT molecular complexity index is 551. The predicted molar refractivity (Wildman–Crippen MR) is 73.9 cm³/mol.